The second-order valence-corrected chi connectivity index (χ2v) is 2.27. The van der Waals surface area contributed by atoms with Crippen LogP contribution in [-0.2, 0) is 0 Å². The van der Waals surface area contributed by atoms with Gasteiger partial charge in [0, 0.05) is 13.0 Å². The molecule has 0 radical (unpaired) electrons. The van der Waals surface area contributed by atoms with Crippen LogP contribution < -0.4 is 5.11 Å². The maximum Gasteiger partial charge on any atom is 0.196 e. The quantitative estimate of drug-likeness (QED) is 0.442. The summed E-state index contributed by atoms with van der Waals surface area (Å²) in [6.45, 7) is 1.10. The highest BCUT2D eigenvalue weighted by atomic mass is 15.3. The van der Waals surface area contributed by atoms with Crippen LogP contribution in [0.1, 0.15) is 12.8 Å². The molecule has 1 heterocycles. The molecule has 46 valence electrons. The lowest BCUT2D eigenvalue weighted by molar-refractivity contribution is -0.548. The van der Waals surface area contributed by atoms with Crippen LogP contribution in [0.3, 0.4) is 0 Å². The van der Waals surface area contributed by atoms with Gasteiger partial charge in [-0.1, -0.05) is 0 Å². The molecule has 1 rings (SSSR count). The first kappa shape index (κ1) is 5.69. The SMILES string of the molecule is CN1CCCC1[NH+]=[N-]. The molecule has 0 amide bonds. The molecule has 1 aliphatic rings. The van der Waals surface area contributed by atoms with Gasteiger partial charge in [0.2, 0.25) is 0 Å². The van der Waals surface area contributed by atoms with Crippen molar-refractivity contribution >= 4 is 0 Å². The van der Waals surface area contributed by atoms with Crippen molar-refractivity contribution in [1.82, 2.24) is 4.90 Å². The Hall–Kier alpha value is -0.440. The Labute approximate surface area is 49.2 Å². The Morgan fingerprint density at radius 3 is 2.75 bits per heavy atom. The summed E-state index contributed by atoms with van der Waals surface area (Å²) in [5.74, 6) is 0. The standard InChI is InChI=1S/C5H11N3/c1-8-4-2-3-5(8)7-6/h5,7H,2-4H2,1H3. The van der Waals surface area contributed by atoms with Gasteiger partial charge in [-0.25, -0.2) is 4.90 Å². The first-order valence-electron chi connectivity index (χ1n) is 2.94. The average Bonchev–Trinajstić information content (AvgIpc) is 2.14. The minimum Gasteiger partial charge on any atom is -0.507 e. The first-order chi connectivity index (χ1) is 3.84. The third-order valence-corrected chi connectivity index (χ3v) is 1.67. The molecule has 0 aromatic carbocycles. The maximum absolute atomic E-state index is 8.44. The van der Waals surface area contributed by atoms with Crippen molar-refractivity contribution in [2.24, 2.45) is 0 Å². The van der Waals surface area contributed by atoms with E-state index < -0.39 is 0 Å². The summed E-state index contributed by atoms with van der Waals surface area (Å²) in [6, 6.07) is 0. The second-order valence-electron chi connectivity index (χ2n) is 2.27. The van der Waals surface area contributed by atoms with Crippen LogP contribution in [0.5, 0.6) is 0 Å². The predicted molar refractivity (Wildman–Crippen MR) is 30.0 cm³/mol. The van der Waals surface area contributed by atoms with Gasteiger partial charge in [-0.05, 0) is 13.5 Å². The second kappa shape index (κ2) is 2.22. The third kappa shape index (κ3) is 0.865. The number of nitrogens with one attached hydrogen (secondary N) is 1. The minimum atomic E-state index is 0.204. The number of hydrogen-bond acceptors (Lipinski definition) is 1. The fourth-order valence-electron chi connectivity index (χ4n) is 1.07. The largest absolute Gasteiger partial charge is 0.507 e. The van der Waals surface area contributed by atoms with E-state index in [1.807, 2.05) is 7.05 Å². The zero-order chi connectivity index (χ0) is 5.98. The van der Waals surface area contributed by atoms with Gasteiger partial charge < -0.3 is 10.6 Å². The molecule has 1 saturated heterocycles. The Bertz CT molecular complexity index is 91.7. The molecule has 0 aromatic heterocycles. The van der Waals surface area contributed by atoms with Crippen LogP contribution in [0.25, 0.3) is 5.53 Å². The van der Waals surface area contributed by atoms with Crippen LogP contribution in [0.2, 0.25) is 0 Å². The number of rotatable bonds is 1. The minimum absolute atomic E-state index is 0.204. The molecule has 0 aliphatic carbocycles. The monoisotopic (exact) mass is 113 g/mol. The van der Waals surface area contributed by atoms with E-state index >= 15 is 0 Å². The van der Waals surface area contributed by atoms with Crippen molar-refractivity contribution in [3.63, 3.8) is 0 Å². The van der Waals surface area contributed by atoms with Gasteiger partial charge in [0.25, 0.3) is 0 Å². The Kier molecular flexibility index (Phi) is 1.58. The van der Waals surface area contributed by atoms with Crippen LogP contribution in [0.4, 0.5) is 0 Å². The fourth-order valence-corrected chi connectivity index (χ4v) is 1.07. The van der Waals surface area contributed by atoms with Crippen molar-refractivity contribution in [2.45, 2.75) is 19.0 Å². The Morgan fingerprint density at radius 2 is 2.50 bits per heavy atom. The fraction of sp³-hybridized carbons (Fsp3) is 1.00. The van der Waals surface area contributed by atoms with Gasteiger partial charge in [-0.15, -0.1) is 0 Å². The lowest BCUT2D eigenvalue weighted by Crippen LogP contribution is -2.75. The van der Waals surface area contributed by atoms with Crippen LogP contribution in [0.15, 0.2) is 0 Å². The Morgan fingerprint density at radius 1 is 1.75 bits per heavy atom. The van der Waals surface area contributed by atoms with E-state index in [-0.39, 0.29) is 6.17 Å². The summed E-state index contributed by atoms with van der Waals surface area (Å²) >= 11 is 0. The third-order valence-electron chi connectivity index (χ3n) is 1.67. The van der Waals surface area contributed by atoms with E-state index in [9.17, 15) is 0 Å². The molecule has 1 unspecified atom stereocenters. The normalized spacial score (nSPS) is 30.9. The summed E-state index contributed by atoms with van der Waals surface area (Å²) < 4.78 is 0. The van der Waals surface area contributed by atoms with Gasteiger partial charge in [0.1, 0.15) is 0 Å². The van der Waals surface area contributed by atoms with Crippen molar-refractivity contribution in [3.8, 4) is 0 Å². The molecule has 0 bridgehead atoms. The van der Waals surface area contributed by atoms with E-state index in [0.717, 1.165) is 13.0 Å². The van der Waals surface area contributed by atoms with Crippen molar-refractivity contribution in [1.29, 1.82) is 0 Å². The van der Waals surface area contributed by atoms with Crippen LogP contribution in [-0.4, -0.2) is 24.7 Å². The number of nitrogens with zero attached hydrogens (tertiary/aromatic N) is 2. The zero-order valence-corrected chi connectivity index (χ0v) is 5.09. The van der Waals surface area contributed by atoms with E-state index in [1.54, 1.807) is 0 Å². The summed E-state index contributed by atoms with van der Waals surface area (Å²) in [4.78, 5) is 2.10. The van der Waals surface area contributed by atoms with Crippen LogP contribution >= 0.6 is 0 Å². The molecule has 1 N–H and O–H groups in total. The first-order valence-corrected chi connectivity index (χ1v) is 2.94. The maximum atomic E-state index is 8.44. The summed E-state index contributed by atoms with van der Waals surface area (Å²) in [7, 11) is 2.00. The van der Waals surface area contributed by atoms with Gasteiger partial charge in [-0.2, -0.15) is 0 Å². The molecule has 3 nitrogen and oxygen atoms in total. The molecule has 8 heavy (non-hydrogen) atoms. The van der Waals surface area contributed by atoms with E-state index in [2.05, 4.69) is 10.0 Å². The highest BCUT2D eigenvalue weighted by Gasteiger charge is 2.21. The predicted octanol–water partition coefficient (Wildman–Crippen LogP) is -0.860. The molecular formula is C5H11N3. The Balaban J connectivity index is 2.41. The van der Waals surface area contributed by atoms with Gasteiger partial charge in [-0.3, -0.25) is 0 Å². The highest BCUT2D eigenvalue weighted by molar-refractivity contribution is 4.64. The van der Waals surface area contributed by atoms with E-state index in [0.29, 0.717) is 0 Å². The van der Waals surface area contributed by atoms with Gasteiger partial charge >= 0.3 is 0 Å². The lowest BCUT2D eigenvalue weighted by atomic mass is 10.3. The molecule has 1 atom stereocenters. The molecular weight excluding hydrogens is 102 g/mol. The van der Waals surface area contributed by atoms with E-state index in [1.165, 1.54) is 6.42 Å². The molecule has 1 fully saturated rings. The average molecular weight is 113 g/mol. The summed E-state index contributed by atoms with van der Waals surface area (Å²) in [5, 5.41) is 2.24. The van der Waals surface area contributed by atoms with Gasteiger partial charge in [0.15, 0.2) is 6.17 Å². The smallest absolute Gasteiger partial charge is 0.196 e. The summed E-state index contributed by atoms with van der Waals surface area (Å²) in [5.41, 5.74) is 8.44. The molecule has 0 saturated carbocycles. The van der Waals surface area contributed by atoms with Crippen molar-refractivity contribution in [2.75, 3.05) is 13.6 Å². The van der Waals surface area contributed by atoms with Crippen molar-refractivity contribution < 1.29 is 5.11 Å². The summed E-state index contributed by atoms with van der Waals surface area (Å²) in [6.07, 6.45) is 2.46. The number of hydrogen-bond donors (Lipinski definition) is 1. The van der Waals surface area contributed by atoms with Gasteiger partial charge in [0.05, 0.1) is 0 Å². The van der Waals surface area contributed by atoms with Crippen molar-refractivity contribution in [3.05, 3.63) is 5.53 Å². The van der Waals surface area contributed by atoms with Crippen LogP contribution in [0, 0.1) is 0 Å². The number of likely N-dealkylation sites (tertiary alicyclic amines) is 1. The lowest BCUT2D eigenvalue weighted by Gasteiger charge is -2.09. The highest BCUT2D eigenvalue weighted by Crippen LogP contribution is 2.06. The molecule has 1 aliphatic heterocycles. The topological polar surface area (TPSA) is 39.5 Å². The molecule has 3 heteroatoms. The van der Waals surface area contributed by atoms with E-state index in [4.69, 9.17) is 5.53 Å². The molecule has 0 aromatic rings. The molecule has 0 spiro atoms. The zero-order valence-electron chi connectivity index (χ0n) is 5.09.